The molecular weight excluding hydrogens is 246 g/mol. The van der Waals surface area contributed by atoms with E-state index >= 15 is 0 Å². The molecule has 1 aromatic rings. The Kier molecular flexibility index (Phi) is 3.16. The van der Waals surface area contributed by atoms with Crippen molar-refractivity contribution in [2.45, 2.75) is 36.6 Å². The first-order chi connectivity index (χ1) is 7.99. The zero-order valence-electron chi connectivity index (χ0n) is 9.02. The highest BCUT2D eigenvalue weighted by Gasteiger charge is 2.25. The lowest BCUT2D eigenvalue weighted by molar-refractivity contribution is 0.550. The monoisotopic (exact) mass is 259 g/mol. The van der Waals surface area contributed by atoms with Crippen LogP contribution in [0.3, 0.4) is 0 Å². The Bertz CT molecular complexity index is 610. The maximum Gasteiger partial charge on any atom is 0.325 e. The predicted molar refractivity (Wildman–Crippen MR) is 60.3 cm³/mol. The molecule has 0 unspecified atom stereocenters. The summed E-state index contributed by atoms with van der Waals surface area (Å²) in [6, 6.07) is -0.119. The SMILES string of the molecule is O=c1[nH]cc(S(=O)(=O)NC2CCCC2)c(=O)[nH]1. The number of nitrogens with one attached hydrogen (secondary N) is 3. The van der Waals surface area contributed by atoms with Crippen LogP contribution in [0.2, 0.25) is 0 Å². The summed E-state index contributed by atoms with van der Waals surface area (Å²) in [5, 5.41) is 0. The van der Waals surface area contributed by atoms with Crippen molar-refractivity contribution < 1.29 is 8.42 Å². The minimum absolute atomic E-state index is 0.119. The van der Waals surface area contributed by atoms with Gasteiger partial charge in [0.15, 0.2) is 4.90 Å². The van der Waals surface area contributed by atoms with Crippen LogP contribution in [-0.2, 0) is 10.0 Å². The quantitative estimate of drug-likeness (QED) is 0.665. The van der Waals surface area contributed by atoms with Crippen LogP contribution in [0, 0.1) is 0 Å². The van der Waals surface area contributed by atoms with Crippen LogP contribution in [0.4, 0.5) is 0 Å². The smallest absolute Gasteiger partial charge is 0.313 e. The molecule has 0 amide bonds. The Morgan fingerprint density at radius 3 is 2.47 bits per heavy atom. The second-order valence-electron chi connectivity index (χ2n) is 4.04. The van der Waals surface area contributed by atoms with E-state index in [0.29, 0.717) is 0 Å². The number of aromatic amines is 2. The normalized spacial score (nSPS) is 17.4. The van der Waals surface area contributed by atoms with Crippen LogP contribution >= 0.6 is 0 Å². The lowest BCUT2D eigenvalue weighted by Crippen LogP contribution is -2.37. The first-order valence-corrected chi connectivity index (χ1v) is 6.82. The number of hydrogen-bond acceptors (Lipinski definition) is 4. The van der Waals surface area contributed by atoms with Gasteiger partial charge in [-0.3, -0.25) is 9.78 Å². The summed E-state index contributed by atoms with van der Waals surface area (Å²) in [4.78, 5) is 25.7. The van der Waals surface area contributed by atoms with Crippen LogP contribution in [-0.4, -0.2) is 24.4 Å². The third-order valence-corrected chi connectivity index (χ3v) is 4.28. The van der Waals surface area contributed by atoms with Gasteiger partial charge in [-0.1, -0.05) is 12.8 Å². The zero-order valence-corrected chi connectivity index (χ0v) is 9.84. The van der Waals surface area contributed by atoms with E-state index in [4.69, 9.17) is 0 Å². The molecule has 0 aliphatic heterocycles. The average Bonchev–Trinajstić information content (AvgIpc) is 2.68. The summed E-state index contributed by atoms with van der Waals surface area (Å²) in [5.41, 5.74) is -1.63. The van der Waals surface area contributed by atoms with Gasteiger partial charge in [0.2, 0.25) is 10.0 Å². The molecular formula is C9H13N3O4S. The summed E-state index contributed by atoms with van der Waals surface area (Å²) in [5.74, 6) is 0. The van der Waals surface area contributed by atoms with Crippen molar-refractivity contribution in [3.8, 4) is 0 Å². The van der Waals surface area contributed by atoms with Crippen molar-refractivity contribution in [3.63, 3.8) is 0 Å². The molecule has 0 atom stereocenters. The van der Waals surface area contributed by atoms with Crippen LogP contribution in [0.5, 0.6) is 0 Å². The number of sulfonamides is 1. The van der Waals surface area contributed by atoms with Gasteiger partial charge in [0.1, 0.15) is 0 Å². The van der Waals surface area contributed by atoms with Gasteiger partial charge >= 0.3 is 5.69 Å². The van der Waals surface area contributed by atoms with E-state index in [9.17, 15) is 18.0 Å². The second kappa shape index (κ2) is 4.46. The molecule has 0 aromatic carbocycles. The molecule has 1 saturated carbocycles. The molecule has 1 aromatic heterocycles. The molecule has 2 rings (SSSR count). The number of hydrogen-bond donors (Lipinski definition) is 3. The fraction of sp³-hybridized carbons (Fsp3) is 0.556. The molecule has 0 spiro atoms. The van der Waals surface area contributed by atoms with Gasteiger partial charge in [-0.15, -0.1) is 0 Å². The largest absolute Gasteiger partial charge is 0.325 e. The summed E-state index contributed by atoms with van der Waals surface area (Å²) >= 11 is 0. The molecule has 0 bridgehead atoms. The van der Waals surface area contributed by atoms with E-state index < -0.39 is 26.2 Å². The maximum absolute atomic E-state index is 11.9. The third kappa shape index (κ3) is 2.64. The Hall–Kier alpha value is -1.41. The Morgan fingerprint density at radius 1 is 1.24 bits per heavy atom. The summed E-state index contributed by atoms with van der Waals surface area (Å²) in [6.07, 6.45) is 4.43. The standard InChI is InChI=1S/C9H13N3O4S/c13-8-7(5-10-9(14)11-8)17(15,16)12-6-3-1-2-4-6/h5-6,12H,1-4H2,(H2,10,11,13,14). The van der Waals surface area contributed by atoms with Crippen molar-refractivity contribution in [3.05, 3.63) is 27.0 Å². The van der Waals surface area contributed by atoms with Gasteiger partial charge in [0, 0.05) is 12.2 Å². The zero-order chi connectivity index (χ0) is 12.5. The molecule has 3 N–H and O–H groups in total. The minimum Gasteiger partial charge on any atom is -0.313 e. The van der Waals surface area contributed by atoms with E-state index in [2.05, 4.69) is 9.71 Å². The van der Waals surface area contributed by atoms with Crippen molar-refractivity contribution in [2.75, 3.05) is 0 Å². The number of rotatable bonds is 3. The molecule has 1 aliphatic rings. The van der Waals surface area contributed by atoms with E-state index in [1.54, 1.807) is 0 Å². The third-order valence-electron chi connectivity index (χ3n) is 2.75. The van der Waals surface area contributed by atoms with E-state index in [1.807, 2.05) is 4.98 Å². The number of H-pyrrole nitrogens is 2. The van der Waals surface area contributed by atoms with Gasteiger partial charge in [-0.2, -0.15) is 0 Å². The van der Waals surface area contributed by atoms with Crippen LogP contribution in [0.1, 0.15) is 25.7 Å². The highest BCUT2D eigenvalue weighted by atomic mass is 32.2. The molecule has 17 heavy (non-hydrogen) atoms. The van der Waals surface area contributed by atoms with Gasteiger partial charge in [0.05, 0.1) is 0 Å². The highest BCUT2D eigenvalue weighted by Crippen LogP contribution is 2.19. The molecule has 8 heteroatoms. The van der Waals surface area contributed by atoms with Gasteiger partial charge in [-0.05, 0) is 12.8 Å². The topological polar surface area (TPSA) is 112 Å². The molecule has 0 radical (unpaired) electrons. The van der Waals surface area contributed by atoms with Crippen molar-refractivity contribution in [1.29, 1.82) is 0 Å². The number of aromatic nitrogens is 2. The molecule has 1 heterocycles. The van der Waals surface area contributed by atoms with E-state index in [1.165, 1.54) is 0 Å². The molecule has 7 nitrogen and oxygen atoms in total. The molecule has 0 saturated heterocycles. The Labute approximate surface area is 97.3 Å². The highest BCUT2D eigenvalue weighted by molar-refractivity contribution is 7.89. The summed E-state index contributed by atoms with van der Waals surface area (Å²) in [6.45, 7) is 0. The Balaban J connectivity index is 2.31. The summed E-state index contributed by atoms with van der Waals surface area (Å²) in [7, 11) is -3.86. The van der Waals surface area contributed by atoms with Crippen molar-refractivity contribution in [2.24, 2.45) is 0 Å². The fourth-order valence-corrected chi connectivity index (χ4v) is 3.23. The first kappa shape index (κ1) is 12.1. The van der Waals surface area contributed by atoms with Gasteiger partial charge < -0.3 is 4.98 Å². The second-order valence-corrected chi connectivity index (χ2v) is 5.72. The Morgan fingerprint density at radius 2 is 1.88 bits per heavy atom. The first-order valence-electron chi connectivity index (χ1n) is 5.33. The van der Waals surface area contributed by atoms with Crippen molar-refractivity contribution in [1.82, 2.24) is 14.7 Å². The van der Waals surface area contributed by atoms with E-state index in [-0.39, 0.29) is 6.04 Å². The van der Waals surface area contributed by atoms with Gasteiger partial charge in [0.25, 0.3) is 5.56 Å². The predicted octanol–water partition coefficient (Wildman–Crippen LogP) is -0.716. The fourth-order valence-electron chi connectivity index (χ4n) is 1.92. The minimum atomic E-state index is -3.86. The van der Waals surface area contributed by atoms with Crippen LogP contribution in [0.15, 0.2) is 20.7 Å². The average molecular weight is 259 g/mol. The maximum atomic E-state index is 11.9. The van der Waals surface area contributed by atoms with E-state index in [0.717, 1.165) is 31.9 Å². The summed E-state index contributed by atoms with van der Waals surface area (Å²) < 4.78 is 26.2. The van der Waals surface area contributed by atoms with Crippen LogP contribution < -0.4 is 16.0 Å². The molecule has 94 valence electrons. The lowest BCUT2D eigenvalue weighted by atomic mass is 10.3. The molecule has 1 aliphatic carbocycles. The van der Waals surface area contributed by atoms with Crippen LogP contribution in [0.25, 0.3) is 0 Å². The van der Waals surface area contributed by atoms with Crippen molar-refractivity contribution >= 4 is 10.0 Å². The molecule has 1 fully saturated rings. The lowest BCUT2D eigenvalue weighted by Gasteiger charge is -2.11. The van der Waals surface area contributed by atoms with Gasteiger partial charge in [-0.25, -0.2) is 17.9 Å².